The van der Waals surface area contributed by atoms with Crippen LogP contribution in [0.2, 0.25) is 0 Å². The van der Waals surface area contributed by atoms with E-state index in [1.165, 1.54) is 0 Å². The number of hydrogen-bond acceptors (Lipinski definition) is 7. The van der Waals surface area contributed by atoms with Gasteiger partial charge < -0.3 is 23.7 Å². The van der Waals surface area contributed by atoms with Crippen LogP contribution in [-0.2, 0) is 9.53 Å². The molecule has 2 heterocycles. The molecule has 7 heteroatoms. The molecule has 0 fully saturated rings. The summed E-state index contributed by atoms with van der Waals surface area (Å²) in [7, 11) is 1.61. The fraction of sp³-hybridized carbons (Fsp3) is 0.250. The first-order valence-corrected chi connectivity index (χ1v) is 10.0. The molecular weight excluding hydrogens is 398 g/mol. The van der Waals surface area contributed by atoms with Gasteiger partial charge in [-0.2, -0.15) is 0 Å². The minimum atomic E-state index is -0.511. The lowest BCUT2D eigenvalue weighted by atomic mass is 10.1. The van der Waals surface area contributed by atoms with Crippen molar-refractivity contribution >= 4 is 17.9 Å². The summed E-state index contributed by atoms with van der Waals surface area (Å²) in [6.45, 7) is 5.13. The van der Waals surface area contributed by atoms with Gasteiger partial charge in [0.15, 0.2) is 17.2 Å². The van der Waals surface area contributed by atoms with Gasteiger partial charge in [0.05, 0.1) is 20.3 Å². The van der Waals surface area contributed by atoms with E-state index in [9.17, 15) is 4.79 Å². The minimum Gasteiger partial charge on any atom is -0.497 e. The third-order valence-electron chi connectivity index (χ3n) is 4.69. The number of rotatable bonds is 7. The average Bonchev–Trinajstić information content (AvgIpc) is 3.15. The molecule has 2 aromatic carbocycles. The van der Waals surface area contributed by atoms with Gasteiger partial charge in [-0.15, -0.1) is 0 Å². The molecule has 0 amide bonds. The quantitative estimate of drug-likeness (QED) is 0.494. The van der Waals surface area contributed by atoms with Crippen molar-refractivity contribution in [1.29, 1.82) is 0 Å². The van der Waals surface area contributed by atoms with Crippen LogP contribution in [0.5, 0.6) is 23.0 Å². The number of fused-ring (bicyclic) bond motifs is 1. The summed E-state index contributed by atoms with van der Waals surface area (Å²) >= 11 is 0. The lowest BCUT2D eigenvalue weighted by Crippen LogP contribution is -2.08. The van der Waals surface area contributed by atoms with E-state index < -0.39 is 5.97 Å². The van der Waals surface area contributed by atoms with Crippen LogP contribution in [0.15, 0.2) is 58.7 Å². The van der Waals surface area contributed by atoms with Crippen LogP contribution in [0, 0.1) is 0 Å². The summed E-state index contributed by atoms with van der Waals surface area (Å²) in [5, 5.41) is 0. The van der Waals surface area contributed by atoms with Crippen LogP contribution in [0.3, 0.4) is 0 Å². The summed E-state index contributed by atoms with van der Waals surface area (Å²) in [5.41, 5.74) is 2.57. The molecule has 0 radical (unpaired) electrons. The van der Waals surface area contributed by atoms with Crippen molar-refractivity contribution in [3.05, 3.63) is 64.9 Å². The number of aliphatic imine (C=N–C) groups is 1. The van der Waals surface area contributed by atoms with E-state index in [0.29, 0.717) is 36.9 Å². The van der Waals surface area contributed by atoms with E-state index in [4.69, 9.17) is 23.7 Å². The first kappa shape index (κ1) is 20.5. The van der Waals surface area contributed by atoms with Crippen molar-refractivity contribution in [2.75, 3.05) is 26.9 Å². The van der Waals surface area contributed by atoms with E-state index >= 15 is 0 Å². The molecule has 2 aliphatic heterocycles. The van der Waals surface area contributed by atoms with Crippen molar-refractivity contribution in [2.45, 2.75) is 13.8 Å². The largest absolute Gasteiger partial charge is 0.497 e. The molecule has 0 unspecified atom stereocenters. The van der Waals surface area contributed by atoms with Crippen molar-refractivity contribution in [3.8, 4) is 23.0 Å². The number of esters is 1. The Hall–Kier alpha value is -3.74. The highest BCUT2D eigenvalue weighted by Gasteiger charge is 2.26. The zero-order valence-electron chi connectivity index (χ0n) is 17.6. The lowest BCUT2D eigenvalue weighted by Gasteiger charge is -2.16. The zero-order valence-corrected chi connectivity index (χ0v) is 17.6. The molecule has 0 N–H and O–H groups in total. The van der Waals surface area contributed by atoms with Gasteiger partial charge in [0.2, 0.25) is 5.90 Å². The van der Waals surface area contributed by atoms with Gasteiger partial charge in [0, 0.05) is 17.2 Å². The van der Waals surface area contributed by atoms with Gasteiger partial charge in [0.1, 0.15) is 18.1 Å². The first-order chi connectivity index (χ1) is 15.1. The summed E-state index contributed by atoms with van der Waals surface area (Å²) < 4.78 is 27.6. The zero-order chi connectivity index (χ0) is 21.8. The van der Waals surface area contributed by atoms with Crippen LogP contribution < -0.4 is 18.9 Å². The van der Waals surface area contributed by atoms with E-state index in [0.717, 1.165) is 22.6 Å². The molecule has 2 aromatic rings. The van der Waals surface area contributed by atoms with E-state index in [2.05, 4.69) is 4.99 Å². The van der Waals surface area contributed by atoms with Gasteiger partial charge in [-0.05, 0) is 61.9 Å². The Morgan fingerprint density at radius 3 is 2.65 bits per heavy atom. The summed E-state index contributed by atoms with van der Waals surface area (Å²) in [5.74, 6) is 2.38. The van der Waals surface area contributed by atoms with Gasteiger partial charge >= 0.3 is 5.97 Å². The first-order valence-electron chi connectivity index (χ1n) is 10.0. The molecule has 0 aromatic heterocycles. The number of hydrogen-bond donors (Lipinski definition) is 0. The molecule has 0 saturated heterocycles. The highest BCUT2D eigenvalue weighted by atomic mass is 16.6. The standard InChI is InChI=1S/C24H23NO6/c1-4-28-20-9-7-17(12-22(20)29-5-2)23-25-19(24(26)31-23)11-15-10-16-6-8-18(27-3)13-21(16)30-14-15/h6-13H,4-5,14H2,1-3H3. The molecule has 0 bridgehead atoms. The number of cyclic esters (lactones) is 1. The number of nitrogens with zero attached hydrogens (tertiary/aromatic N) is 1. The van der Waals surface area contributed by atoms with Crippen molar-refractivity contribution in [1.82, 2.24) is 0 Å². The number of benzene rings is 2. The van der Waals surface area contributed by atoms with Crippen LogP contribution in [0.1, 0.15) is 25.0 Å². The van der Waals surface area contributed by atoms with Crippen LogP contribution in [-0.4, -0.2) is 38.8 Å². The Labute approximate surface area is 180 Å². The second kappa shape index (κ2) is 8.95. The number of carbonyl (C=O) groups is 1. The normalized spacial score (nSPS) is 16.1. The Morgan fingerprint density at radius 1 is 1.06 bits per heavy atom. The lowest BCUT2D eigenvalue weighted by molar-refractivity contribution is -0.130. The van der Waals surface area contributed by atoms with E-state index in [1.807, 2.05) is 38.1 Å². The maximum absolute atomic E-state index is 12.4. The van der Waals surface area contributed by atoms with Crippen molar-refractivity contribution < 1.29 is 28.5 Å². The van der Waals surface area contributed by atoms with Gasteiger partial charge in [-0.25, -0.2) is 9.79 Å². The maximum atomic E-state index is 12.4. The van der Waals surface area contributed by atoms with Crippen molar-refractivity contribution in [3.63, 3.8) is 0 Å². The smallest absolute Gasteiger partial charge is 0.363 e. The van der Waals surface area contributed by atoms with Gasteiger partial charge in [0.25, 0.3) is 0 Å². The minimum absolute atomic E-state index is 0.216. The fourth-order valence-electron chi connectivity index (χ4n) is 3.26. The average molecular weight is 421 g/mol. The Balaban J connectivity index is 1.60. The highest BCUT2D eigenvalue weighted by Crippen LogP contribution is 2.32. The van der Waals surface area contributed by atoms with Crippen LogP contribution in [0.4, 0.5) is 0 Å². The highest BCUT2D eigenvalue weighted by molar-refractivity contribution is 6.11. The molecular formula is C24H23NO6. The SMILES string of the molecule is CCOc1ccc(C2=NC(=CC3=Cc4ccc(OC)cc4OC3)C(=O)O2)cc1OCC. The summed E-state index contributed by atoms with van der Waals surface area (Å²) in [6.07, 6.45) is 3.64. The fourth-order valence-corrected chi connectivity index (χ4v) is 3.26. The second-order valence-corrected chi connectivity index (χ2v) is 6.78. The Morgan fingerprint density at radius 2 is 1.87 bits per heavy atom. The molecule has 0 atom stereocenters. The predicted molar refractivity (Wildman–Crippen MR) is 116 cm³/mol. The molecule has 2 aliphatic rings. The molecule has 0 saturated carbocycles. The third kappa shape index (κ3) is 4.40. The van der Waals surface area contributed by atoms with E-state index in [-0.39, 0.29) is 11.6 Å². The van der Waals surface area contributed by atoms with Crippen LogP contribution in [0.25, 0.3) is 6.08 Å². The van der Waals surface area contributed by atoms with Crippen molar-refractivity contribution in [2.24, 2.45) is 4.99 Å². The summed E-state index contributed by atoms with van der Waals surface area (Å²) in [6, 6.07) is 10.9. The topological polar surface area (TPSA) is 75.6 Å². The second-order valence-electron chi connectivity index (χ2n) is 6.78. The Bertz CT molecular complexity index is 1100. The van der Waals surface area contributed by atoms with Gasteiger partial charge in [-0.1, -0.05) is 0 Å². The summed E-state index contributed by atoms with van der Waals surface area (Å²) in [4.78, 5) is 16.8. The van der Waals surface area contributed by atoms with E-state index in [1.54, 1.807) is 31.4 Å². The van der Waals surface area contributed by atoms with Gasteiger partial charge in [-0.3, -0.25) is 0 Å². The van der Waals surface area contributed by atoms with Crippen LogP contribution >= 0.6 is 0 Å². The molecule has 160 valence electrons. The molecule has 31 heavy (non-hydrogen) atoms. The molecule has 7 nitrogen and oxygen atoms in total. The molecule has 0 aliphatic carbocycles. The predicted octanol–water partition coefficient (Wildman–Crippen LogP) is 4.16. The molecule has 0 spiro atoms. The Kier molecular flexibility index (Phi) is 5.93. The monoisotopic (exact) mass is 421 g/mol. The third-order valence-corrected chi connectivity index (χ3v) is 4.69. The maximum Gasteiger partial charge on any atom is 0.363 e. The number of ether oxygens (including phenoxy) is 5. The molecule has 4 rings (SSSR count). The number of methoxy groups -OCH3 is 1. The number of carbonyl (C=O) groups excluding carboxylic acids is 1.